The van der Waals surface area contributed by atoms with Crippen molar-refractivity contribution in [3.63, 3.8) is 0 Å². The van der Waals surface area contributed by atoms with E-state index in [-0.39, 0.29) is 0 Å². The van der Waals surface area contributed by atoms with Crippen LogP contribution in [0.2, 0.25) is 0 Å². The molecule has 19 heavy (non-hydrogen) atoms. The number of hydrogen-bond acceptors (Lipinski definition) is 2. The second-order valence-corrected chi connectivity index (χ2v) is 4.98. The fourth-order valence-electron chi connectivity index (χ4n) is 2.41. The standard InChI is InChI=1S/C16H17N3/c1-11-8-14(9-19-10-17-12(2)13(19)3)15-6-4-5-7-16(15)18-11/h4-8,10H,9H2,1-3H3. The smallest absolute Gasteiger partial charge is 0.0954 e. The van der Waals surface area contributed by atoms with Gasteiger partial charge in [0.2, 0.25) is 0 Å². The lowest BCUT2D eigenvalue weighted by atomic mass is 10.1. The molecule has 0 N–H and O–H groups in total. The summed E-state index contributed by atoms with van der Waals surface area (Å²) < 4.78 is 2.19. The minimum Gasteiger partial charge on any atom is -0.330 e. The molecule has 3 nitrogen and oxygen atoms in total. The van der Waals surface area contributed by atoms with Crippen molar-refractivity contribution in [2.45, 2.75) is 27.3 Å². The molecule has 0 radical (unpaired) electrons. The largest absolute Gasteiger partial charge is 0.330 e. The first-order chi connectivity index (χ1) is 9.15. The molecular formula is C16H17N3. The van der Waals surface area contributed by atoms with E-state index in [0.29, 0.717) is 0 Å². The van der Waals surface area contributed by atoms with Crippen LogP contribution in [0.25, 0.3) is 10.9 Å². The van der Waals surface area contributed by atoms with Gasteiger partial charge in [-0.1, -0.05) is 18.2 Å². The molecule has 0 aliphatic carbocycles. The van der Waals surface area contributed by atoms with E-state index in [9.17, 15) is 0 Å². The second-order valence-electron chi connectivity index (χ2n) is 4.98. The molecule has 1 aromatic carbocycles. The topological polar surface area (TPSA) is 30.7 Å². The number of hydrogen-bond donors (Lipinski definition) is 0. The van der Waals surface area contributed by atoms with Crippen molar-refractivity contribution in [2.75, 3.05) is 0 Å². The van der Waals surface area contributed by atoms with Gasteiger partial charge in [0.15, 0.2) is 0 Å². The molecule has 2 aromatic heterocycles. The first kappa shape index (κ1) is 11.9. The van der Waals surface area contributed by atoms with Crippen LogP contribution in [0.4, 0.5) is 0 Å². The van der Waals surface area contributed by atoms with Gasteiger partial charge in [0.05, 0.1) is 17.5 Å². The highest BCUT2D eigenvalue weighted by atomic mass is 15.0. The molecule has 2 heterocycles. The Morgan fingerprint density at radius 1 is 1.11 bits per heavy atom. The van der Waals surface area contributed by atoms with Crippen LogP contribution in [0.1, 0.15) is 22.6 Å². The molecular weight excluding hydrogens is 234 g/mol. The fraction of sp³-hybridized carbons (Fsp3) is 0.250. The molecule has 0 atom stereocenters. The molecule has 0 saturated heterocycles. The van der Waals surface area contributed by atoms with Gasteiger partial charge in [0, 0.05) is 23.3 Å². The second kappa shape index (κ2) is 4.50. The zero-order valence-electron chi connectivity index (χ0n) is 11.5. The fourth-order valence-corrected chi connectivity index (χ4v) is 2.41. The van der Waals surface area contributed by atoms with Crippen LogP contribution < -0.4 is 0 Å². The SMILES string of the molecule is Cc1cc(Cn2cnc(C)c2C)c2ccccc2n1. The predicted molar refractivity (Wildman–Crippen MR) is 77.3 cm³/mol. The van der Waals surface area contributed by atoms with Crippen LogP contribution in [0.3, 0.4) is 0 Å². The molecule has 3 heteroatoms. The van der Waals surface area contributed by atoms with Crippen molar-refractivity contribution in [1.82, 2.24) is 14.5 Å². The monoisotopic (exact) mass is 251 g/mol. The number of imidazole rings is 1. The maximum Gasteiger partial charge on any atom is 0.0954 e. The van der Waals surface area contributed by atoms with Crippen molar-refractivity contribution in [3.05, 3.63) is 59.3 Å². The van der Waals surface area contributed by atoms with E-state index in [4.69, 9.17) is 0 Å². The minimum absolute atomic E-state index is 0.844. The number of benzene rings is 1. The van der Waals surface area contributed by atoms with Gasteiger partial charge in [-0.2, -0.15) is 0 Å². The lowest BCUT2D eigenvalue weighted by Crippen LogP contribution is -2.02. The molecule has 3 aromatic rings. The quantitative estimate of drug-likeness (QED) is 0.699. The summed E-state index contributed by atoms with van der Waals surface area (Å²) in [6, 6.07) is 10.5. The number of aromatic nitrogens is 3. The Balaban J connectivity index is 2.12. The molecule has 0 fully saturated rings. The highest BCUT2D eigenvalue weighted by molar-refractivity contribution is 5.82. The van der Waals surface area contributed by atoms with Crippen molar-refractivity contribution in [2.24, 2.45) is 0 Å². The third-order valence-corrected chi connectivity index (χ3v) is 3.62. The Labute approximate surface area is 112 Å². The van der Waals surface area contributed by atoms with Gasteiger partial charge in [-0.15, -0.1) is 0 Å². The van der Waals surface area contributed by atoms with E-state index in [0.717, 1.165) is 23.4 Å². The predicted octanol–water partition coefficient (Wildman–Crippen LogP) is 3.40. The van der Waals surface area contributed by atoms with Crippen molar-refractivity contribution in [1.29, 1.82) is 0 Å². The van der Waals surface area contributed by atoms with Crippen LogP contribution >= 0.6 is 0 Å². The Bertz CT molecular complexity index is 741. The molecule has 96 valence electrons. The molecule has 0 aliphatic heterocycles. The Kier molecular flexibility index (Phi) is 2.82. The first-order valence-corrected chi connectivity index (χ1v) is 6.49. The number of nitrogens with zero attached hydrogens (tertiary/aromatic N) is 3. The number of para-hydroxylation sites is 1. The van der Waals surface area contributed by atoms with Gasteiger partial charge in [-0.05, 0) is 38.5 Å². The highest BCUT2D eigenvalue weighted by Crippen LogP contribution is 2.20. The van der Waals surface area contributed by atoms with Gasteiger partial charge >= 0.3 is 0 Å². The van der Waals surface area contributed by atoms with E-state index in [1.165, 1.54) is 16.6 Å². The summed E-state index contributed by atoms with van der Waals surface area (Å²) in [5.41, 5.74) is 5.73. The molecule has 0 saturated carbocycles. The Morgan fingerprint density at radius 3 is 2.63 bits per heavy atom. The summed E-state index contributed by atoms with van der Waals surface area (Å²) in [6.07, 6.45) is 1.91. The minimum atomic E-state index is 0.844. The van der Waals surface area contributed by atoms with Crippen molar-refractivity contribution < 1.29 is 0 Å². The van der Waals surface area contributed by atoms with Gasteiger partial charge < -0.3 is 4.57 Å². The van der Waals surface area contributed by atoms with Gasteiger partial charge in [-0.25, -0.2) is 4.98 Å². The van der Waals surface area contributed by atoms with Crippen LogP contribution in [-0.2, 0) is 6.54 Å². The molecule has 0 aliphatic rings. The Hall–Kier alpha value is -2.16. The number of aryl methyl sites for hydroxylation is 2. The van der Waals surface area contributed by atoms with Gasteiger partial charge in [0.25, 0.3) is 0 Å². The summed E-state index contributed by atoms with van der Waals surface area (Å²) >= 11 is 0. The summed E-state index contributed by atoms with van der Waals surface area (Å²) in [4.78, 5) is 8.94. The van der Waals surface area contributed by atoms with E-state index in [1.54, 1.807) is 0 Å². The van der Waals surface area contributed by atoms with Crippen LogP contribution in [0.5, 0.6) is 0 Å². The van der Waals surface area contributed by atoms with Crippen LogP contribution in [-0.4, -0.2) is 14.5 Å². The number of rotatable bonds is 2. The number of pyridine rings is 1. The average Bonchev–Trinajstić information content (AvgIpc) is 2.70. The maximum absolute atomic E-state index is 4.58. The molecule has 3 rings (SSSR count). The third kappa shape index (κ3) is 2.12. The average molecular weight is 251 g/mol. The summed E-state index contributed by atoms with van der Waals surface area (Å²) in [7, 11) is 0. The molecule has 0 amide bonds. The van der Waals surface area contributed by atoms with E-state index in [2.05, 4.69) is 45.7 Å². The normalized spacial score (nSPS) is 11.1. The van der Waals surface area contributed by atoms with E-state index in [1.807, 2.05) is 26.2 Å². The van der Waals surface area contributed by atoms with Gasteiger partial charge in [-0.3, -0.25) is 4.98 Å². The molecule has 0 bridgehead atoms. The third-order valence-electron chi connectivity index (χ3n) is 3.62. The molecule has 0 spiro atoms. The zero-order valence-corrected chi connectivity index (χ0v) is 11.5. The first-order valence-electron chi connectivity index (χ1n) is 6.49. The summed E-state index contributed by atoms with van der Waals surface area (Å²) in [5.74, 6) is 0. The Morgan fingerprint density at radius 2 is 1.89 bits per heavy atom. The van der Waals surface area contributed by atoms with Gasteiger partial charge in [0.1, 0.15) is 0 Å². The lowest BCUT2D eigenvalue weighted by Gasteiger charge is -2.10. The molecule has 0 unspecified atom stereocenters. The highest BCUT2D eigenvalue weighted by Gasteiger charge is 2.07. The van der Waals surface area contributed by atoms with Crippen LogP contribution in [0, 0.1) is 20.8 Å². The van der Waals surface area contributed by atoms with Crippen molar-refractivity contribution in [3.8, 4) is 0 Å². The summed E-state index contributed by atoms with van der Waals surface area (Å²) in [5, 5.41) is 1.22. The summed E-state index contributed by atoms with van der Waals surface area (Å²) in [6.45, 7) is 7.04. The van der Waals surface area contributed by atoms with Crippen molar-refractivity contribution >= 4 is 10.9 Å². The van der Waals surface area contributed by atoms with Crippen LogP contribution in [0.15, 0.2) is 36.7 Å². The van der Waals surface area contributed by atoms with E-state index >= 15 is 0 Å². The van der Waals surface area contributed by atoms with E-state index < -0.39 is 0 Å². The lowest BCUT2D eigenvalue weighted by molar-refractivity contribution is 0.771. The number of fused-ring (bicyclic) bond motifs is 1. The zero-order chi connectivity index (χ0) is 13.4. The maximum atomic E-state index is 4.58.